The first-order valence-corrected chi connectivity index (χ1v) is 14.1. The molecule has 3 N–H and O–H groups in total. The molecule has 2 aromatic heterocycles. The lowest BCUT2D eigenvalue weighted by atomic mass is 9.99. The molecular formula is C31H35N5O3S. The van der Waals surface area contributed by atoms with Crippen LogP contribution in [0.4, 0.5) is 0 Å². The number of amides is 2. The van der Waals surface area contributed by atoms with Gasteiger partial charge < -0.3 is 20.6 Å². The number of hydrogen-bond acceptors (Lipinski definition) is 7. The summed E-state index contributed by atoms with van der Waals surface area (Å²) in [6.07, 6.45) is 3.10. The van der Waals surface area contributed by atoms with E-state index in [0.29, 0.717) is 24.1 Å². The smallest absolute Gasteiger partial charge is 0.253 e. The molecule has 0 bridgehead atoms. The van der Waals surface area contributed by atoms with Crippen molar-refractivity contribution >= 4 is 23.2 Å². The predicted molar refractivity (Wildman–Crippen MR) is 157 cm³/mol. The average Bonchev–Trinajstić information content (AvgIpc) is 3.39. The lowest BCUT2D eigenvalue weighted by Gasteiger charge is -2.26. The van der Waals surface area contributed by atoms with Crippen molar-refractivity contribution in [3.63, 3.8) is 0 Å². The molecule has 0 saturated heterocycles. The number of benzene rings is 2. The van der Waals surface area contributed by atoms with Crippen molar-refractivity contribution in [3.05, 3.63) is 117 Å². The summed E-state index contributed by atoms with van der Waals surface area (Å²) in [5.41, 5.74) is 3.69. The first kappa shape index (κ1) is 29.1. The maximum atomic E-state index is 13.4. The number of nitrogens with one attached hydrogen (secondary N) is 2. The lowest BCUT2D eigenvalue weighted by Crippen LogP contribution is -2.49. The predicted octanol–water partition coefficient (Wildman–Crippen LogP) is 4.17. The molecule has 8 nitrogen and oxygen atoms in total. The third-order valence-electron chi connectivity index (χ3n) is 6.65. The van der Waals surface area contributed by atoms with Crippen LogP contribution in [0.5, 0.6) is 0 Å². The minimum atomic E-state index is -0.860. The zero-order chi connectivity index (χ0) is 28.5. The Bertz CT molecular complexity index is 1400. The highest BCUT2D eigenvalue weighted by atomic mass is 32.1. The van der Waals surface area contributed by atoms with Crippen molar-refractivity contribution in [3.8, 4) is 0 Å². The minimum Gasteiger partial charge on any atom is -0.390 e. The van der Waals surface area contributed by atoms with Gasteiger partial charge in [0.25, 0.3) is 11.8 Å². The Hall–Kier alpha value is -3.92. The highest BCUT2D eigenvalue weighted by Gasteiger charge is 2.24. The Balaban J connectivity index is 1.44. The molecule has 0 aliphatic heterocycles. The van der Waals surface area contributed by atoms with Crippen LogP contribution in [0.25, 0.3) is 0 Å². The number of carbonyl (C=O) groups is 2. The molecule has 3 atom stereocenters. The van der Waals surface area contributed by atoms with Crippen molar-refractivity contribution in [1.29, 1.82) is 0 Å². The van der Waals surface area contributed by atoms with Crippen LogP contribution in [0.3, 0.4) is 0 Å². The van der Waals surface area contributed by atoms with Crippen molar-refractivity contribution < 1.29 is 14.7 Å². The van der Waals surface area contributed by atoms with E-state index >= 15 is 0 Å². The molecule has 4 rings (SSSR count). The standard InChI is InChI=1S/C31H35N5O3S/c1-21-20-40-29(34-21)19-36(3)31(39)25-12-7-11-24(16-25)30(38)35-27(15-23-9-5-4-6-10-23)28(37)18-33-22(2)26-13-8-14-32-17-26/h4-14,16-17,20,22,27-28,33,37H,15,18-19H2,1-3H3,(H,35,38)/t22?,27-,28+/m0/s1. The summed E-state index contributed by atoms with van der Waals surface area (Å²) >= 11 is 1.51. The molecule has 9 heteroatoms. The second-order valence-corrected chi connectivity index (χ2v) is 10.8. The van der Waals surface area contributed by atoms with Crippen LogP contribution in [0, 0.1) is 6.92 Å². The molecule has 4 aromatic rings. The Morgan fingerprint density at radius 1 is 1.05 bits per heavy atom. The van der Waals surface area contributed by atoms with Gasteiger partial charge in [-0.1, -0.05) is 42.5 Å². The van der Waals surface area contributed by atoms with Crippen LogP contribution in [0.15, 0.2) is 84.5 Å². The van der Waals surface area contributed by atoms with E-state index in [1.54, 1.807) is 48.6 Å². The van der Waals surface area contributed by atoms with Crippen molar-refractivity contribution in [1.82, 2.24) is 25.5 Å². The summed E-state index contributed by atoms with van der Waals surface area (Å²) in [7, 11) is 1.72. The molecule has 208 valence electrons. The molecule has 0 spiro atoms. The summed E-state index contributed by atoms with van der Waals surface area (Å²) in [5.74, 6) is -0.551. The van der Waals surface area contributed by atoms with Crippen LogP contribution >= 0.6 is 11.3 Å². The van der Waals surface area contributed by atoms with E-state index in [9.17, 15) is 14.7 Å². The number of thiazole rings is 1. The normalized spacial score (nSPS) is 13.3. The summed E-state index contributed by atoms with van der Waals surface area (Å²) < 4.78 is 0. The lowest BCUT2D eigenvalue weighted by molar-refractivity contribution is 0.0784. The van der Waals surface area contributed by atoms with E-state index in [4.69, 9.17) is 0 Å². The van der Waals surface area contributed by atoms with E-state index in [-0.39, 0.29) is 24.4 Å². The van der Waals surface area contributed by atoms with Gasteiger partial charge in [-0.3, -0.25) is 14.6 Å². The number of aliphatic hydroxyl groups is 1. The quantitative estimate of drug-likeness (QED) is 0.241. The van der Waals surface area contributed by atoms with Gasteiger partial charge in [-0.25, -0.2) is 4.98 Å². The van der Waals surface area contributed by atoms with Gasteiger partial charge in [-0.2, -0.15) is 0 Å². The van der Waals surface area contributed by atoms with Crippen LogP contribution in [0.1, 0.15) is 55.5 Å². The summed E-state index contributed by atoms with van der Waals surface area (Å²) in [4.78, 5) is 36.6. The van der Waals surface area contributed by atoms with Crippen LogP contribution in [-0.4, -0.2) is 57.5 Å². The highest BCUT2D eigenvalue weighted by molar-refractivity contribution is 7.09. The fourth-order valence-electron chi connectivity index (χ4n) is 4.36. The number of pyridine rings is 1. The molecule has 0 aliphatic rings. The largest absolute Gasteiger partial charge is 0.390 e. The number of aryl methyl sites for hydroxylation is 1. The molecule has 2 amide bonds. The Morgan fingerprint density at radius 2 is 1.82 bits per heavy atom. The summed E-state index contributed by atoms with van der Waals surface area (Å²) in [6, 6.07) is 19.7. The number of rotatable bonds is 12. The first-order valence-electron chi connectivity index (χ1n) is 13.2. The van der Waals surface area contributed by atoms with Gasteiger partial charge in [0.2, 0.25) is 0 Å². The van der Waals surface area contributed by atoms with Gasteiger partial charge in [0.1, 0.15) is 5.01 Å². The third-order valence-corrected chi connectivity index (χ3v) is 7.61. The van der Waals surface area contributed by atoms with Gasteiger partial charge in [-0.05, 0) is 55.7 Å². The van der Waals surface area contributed by atoms with Crippen LogP contribution in [0.2, 0.25) is 0 Å². The first-order chi connectivity index (χ1) is 19.3. The molecule has 0 fully saturated rings. The maximum absolute atomic E-state index is 13.4. The SMILES string of the molecule is Cc1csc(CN(C)C(=O)c2cccc(C(=O)N[C@@H](Cc3ccccc3)[C@H](O)CNC(C)c3cccnc3)c2)n1. The fraction of sp³-hybridized carbons (Fsp3) is 0.290. The number of carbonyl (C=O) groups excluding carboxylic acids is 2. The molecule has 1 unspecified atom stereocenters. The Labute approximate surface area is 239 Å². The van der Waals surface area contributed by atoms with Crippen molar-refractivity contribution in [2.45, 2.75) is 45.0 Å². The number of aliphatic hydroxyl groups excluding tert-OH is 1. The van der Waals surface area contributed by atoms with E-state index in [0.717, 1.165) is 21.8 Å². The summed E-state index contributed by atoms with van der Waals surface area (Å²) in [6.45, 7) is 4.59. The van der Waals surface area contributed by atoms with E-state index < -0.39 is 12.1 Å². The highest BCUT2D eigenvalue weighted by Crippen LogP contribution is 2.15. The van der Waals surface area contributed by atoms with E-state index in [1.165, 1.54) is 11.3 Å². The van der Waals surface area contributed by atoms with E-state index in [2.05, 4.69) is 20.6 Å². The van der Waals surface area contributed by atoms with E-state index in [1.807, 2.05) is 61.7 Å². The Morgan fingerprint density at radius 3 is 2.52 bits per heavy atom. The molecule has 0 saturated carbocycles. The van der Waals surface area contributed by atoms with Gasteiger partial charge in [0.15, 0.2) is 0 Å². The monoisotopic (exact) mass is 557 g/mol. The third kappa shape index (κ3) is 8.05. The molecular weight excluding hydrogens is 522 g/mol. The molecule has 2 heterocycles. The van der Waals surface area contributed by atoms with Gasteiger partial charge in [-0.15, -0.1) is 11.3 Å². The molecule has 0 radical (unpaired) electrons. The average molecular weight is 558 g/mol. The van der Waals surface area contributed by atoms with Gasteiger partial charge >= 0.3 is 0 Å². The number of nitrogens with zero attached hydrogens (tertiary/aromatic N) is 3. The number of hydrogen-bond donors (Lipinski definition) is 3. The molecule has 40 heavy (non-hydrogen) atoms. The Kier molecular flexibility index (Phi) is 10.1. The number of aromatic nitrogens is 2. The zero-order valence-corrected chi connectivity index (χ0v) is 23.8. The zero-order valence-electron chi connectivity index (χ0n) is 22.9. The second kappa shape index (κ2) is 13.9. The van der Waals surface area contributed by atoms with Crippen LogP contribution < -0.4 is 10.6 Å². The second-order valence-electron chi connectivity index (χ2n) is 9.88. The molecule has 0 aliphatic carbocycles. The fourth-order valence-corrected chi connectivity index (χ4v) is 5.18. The minimum absolute atomic E-state index is 0.0237. The van der Waals surface area contributed by atoms with Crippen molar-refractivity contribution in [2.75, 3.05) is 13.6 Å². The maximum Gasteiger partial charge on any atom is 0.253 e. The topological polar surface area (TPSA) is 107 Å². The summed E-state index contributed by atoms with van der Waals surface area (Å²) in [5, 5.41) is 20.3. The van der Waals surface area contributed by atoms with Crippen molar-refractivity contribution in [2.24, 2.45) is 0 Å². The van der Waals surface area contributed by atoms with Gasteiger partial charge in [0.05, 0.1) is 18.7 Å². The van der Waals surface area contributed by atoms with Gasteiger partial charge in [0, 0.05) is 54.2 Å². The van der Waals surface area contributed by atoms with Crippen LogP contribution in [-0.2, 0) is 13.0 Å². The molecule has 2 aromatic carbocycles.